The molecule has 0 aliphatic carbocycles. The monoisotopic (exact) mass is 518 g/mol. The summed E-state index contributed by atoms with van der Waals surface area (Å²) in [6.45, 7) is 3.67. The van der Waals surface area contributed by atoms with E-state index < -0.39 is 23.7 Å². The van der Waals surface area contributed by atoms with Gasteiger partial charge in [-0.25, -0.2) is 14.3 Å². The second-order valence-corrected chi connectivity index (χ2v) is 8.99. The summed E-state index contributed by atoms with van der Waals surface area (Å²) in [6, 6.07) is 9.26. The zero-order valence-corrected chi connectivity index (χ0v) is 20.5. The van der Waals surface area contributed by atoms with Gasteiger partial charge in [0.05, 0.1) is 18.2 Å². The van der Waals surface area contributed by atoms with Gasteiger partial charge in [-0.05, 0) is 49.6 Å². The van der Waals surface area contributed by atoms with Crippen LogP contribution in [0.3, 0.4) is 0 Å². The quantitative estimate of drug-likeness (QED) is 0.349. The minimum Gasteiger partial charge on any atom is -0.406 e. The number of nitrogens with zero attached hydrogens (tertiary/aromatic N) is 4. The summed E-state index contributed by atoms with van der Waals surface area (Å²) in [5, 5.41) is 9.69. The van der Waals surface area contributed by atoms with Gasteiger partial charge in [-0.3, -0.25) is 18.9 Å². The largest absolute Gasteiger partial charge is 0.573 e. The molecule has 0 fully saturated rings. The number of ether oxygens (including phenoxy) is 1. The zero-order valence-electron chi connectivity index (χ0n) is 20.5. The van der Waals surface area contributed by atoms with E-state index in [1.165, 1.54) is 29.8 Å². The Labute approximate surface area is 209 Å². The Morgan fingerprint density at radius 3 is 2.62 bits per heavy atom. The highest BCUT2D eigenvalue weighted by Crippen LogP contribution is 2.24. The number of nitrogens with one attached hydrogen (secondary N) is 1. The summed E-state index contributed by atoms with van der Waals surface area (Å²) in [4.78, 5) is 34.0. The Hall–Kier alpha value is -3.93. The first kappa shape index (κ1) is 26.1. The molecule has 12 heteroatoms. The predicted molar refractivity (Wildman–Crippen MR) is 128 cm³/mol. The average molecular weight is 519 g/mol. The van der Waals surface area contributed by atoms with Crippen molar-refractivity contribution in [1.82, 2.24) is 19.1 Å². The first-order chi connectivity index (χ1) is 17.4. The van der Waals surface area contributed by atoms with Crippen molar-refractivity contribution in [2.45, 2.75) is 52.2 Å². The molecule has 0 amide bonds. The van der Waals surface area contributed by atoms with Crippen LogP contribution in [-0.4, -0.2) is 36.7 Å². The number of pyridine rings is 1. The van der Waals surface area contributed by atoms with Crippen LogP contribution in [0.25, 0.3) is 11.2 Å². The third-order valence-corrected chi connectivity index (χ3v) is 5.95. The first-order valence-electron chi connectivity index (χ1n) is 11.6. The van der Waals surface area contributed by atoms with Crippen molar-refractivity contribution < 1.29 is 27.6 Å². The molecule has 1 aromatic carbocycles. The summed E-state index contributed by atoms with van der Waals surface area (Å²) in [7, 11) is 1.52. The van der Waals surface area contributed by atoms with Crippen molar-refractivity contribution in [1.29, 1.82) is 0 Å². The Balaban J connectivity index is 1.87. The van der Waals surface area contributed by atoms with E-state index in [0.717, 1.165) is 10.1 Å². The van der Waals surface area contributed by atoms with Gasteiger partial charge in [0.1, 0.15) is 12.3 Å². The van der Waals surface area contributed by atoms with Crippen LogP contribution in [0.2, 0.25) is 0 Å². The molecule has 2 N–H and O–H groups in total. The summed E-state index contributed by atoms with van der Waals surface area (Å²) in [5.74, 6) is 0.127. The number of imidazole rings is 1. The van der Waals surface area contributed by atoms with Gasteiger partial charge in [-0.1, -0.05) is 18.2 Å². The minimum atomic E-state index is -4.83. The number of halogens is 3. The van der Waals surface area contributed by atoms with Crippen molar-refractivity contribution in [3.05, 3.63) is 86.1 Å². The molecule has 1 unspecified atom stereocenters. The van der Waals surface area contributed by atoms with Crippen LogP contribution >= 0.6 is 0 Å². The second kappa shape index (κ2) is 10.2. The van der Waals surface area contributed by atoms with Gasteiger partial charge in [0.25, 0.3) is 17.0 Å². The van der Waals surface area contributed by atoms with Gasteiger partial charge in [-0.2, -0.15) is 0 Å². The lowest BCUT2D eigenvalue weighted by atomic mass is 10.1. The number of aromatic amines is 1. The Morgan fingerprint density at radius 2 is 1.97 bits per heavy atom. The van der Waals surface area contributed by atoms with Gasteiger partial charge in [0, 0.05) is 19.8 Å². The molecule has 0 radical (unpaired) electrons. The molecule has 0 aliphatic rings. The molecule has 3 aromatic heterocycles. The molecule has 0 saturated carbocycles. The van der Waals surface area contributed by atoms with Crippen molar-refractivity contribution in [2.75, 3.05) is 0 Å². The minimum absolute atomic E-state index is 0.0270. The van der Waals surface area contributed by atoms with E-state index >= 15 is 0 Å². The summed E-state index contributed by atoms with van der Waals surface area (Å²) < 4.78 is 46.3. The van der Waals surface area contributed by atoms with Crippen LogP contribution in [0.1, 0.15) is 36.0 Å². The molecule has 4 aromatic rings. The number of H-pyrrole nitrogens is 1. The topological polar surface area (TPSA) is 106 Å². The number of aryl methyl sites for hydroxylation is 2. The van der Waals surface area contributed by atoms with E-state index in [9.17, 15) is 27.9 Å². The standard InChI is InChI=1S/C25H26F3N5O4/c1-15-7-8-18(29-13-15)14-33-20(12-17-5-4-6-19(11-17)37-25(26,27)28)30-22-21(33)23(35)32(10-9-16(2)34)24(36)31(22)3/h4-8,11,13,16,34H,9-10,12,14H2,1-3H3/p+1. The summed E-state index contributed by atoms with van der Waals surface area (Å²) in [6.07, 6.45) is -3.50. The number of rotatable bonds is 8. The van der Waals surface area contributed by atoms with Crippen LogP contribution in [0, 0.1) is 6.92 Å². The fourth-order valence-electron chi connectivity index (χ4n) is 4.10. The maximum atomic E-state index is 13.5. The molecule has 0 spiro atoms. The molecule has 196 valence electrons. The van der Waals surface area contributed by atoms with Crippen LogP contribution in [-0.2, 0) is 26.6 Å². The van der Waals surface area contributed by atoms with Crippen molar-refractivity contribution in [3.63, 3.8) is 0 Å². The number of fused-ring (bicyclic) bond motifs is 1. The van der Waals surface area contributed by atoms with Crippen LogP contribution in [0.4, 0.5) is 13.2 Å². The maximum absolute atomic E-state index is 13.5. The molecule has 9 nitrogen and oxygen atoms in total. The number of hydrogen-bond donors (Lipinski definition) is 2. The molecule has 4 rings (SSSR count). The number of benzene rings is 1. The maximum Gasteiger partial charge on any atom is 0.573 e. The number of hydrogen-bond acceptors (Lipinski definition) is 5. The summed E-state index contributed by atoms with van der Waals surface area (Å²) >= 11 is 0. The van der Waals surface area contributed by atoms with Crippen LogP contribution in [0.15, 0.2) is 52.2 Å². The van der Waals surface area contributed by atoms with E-state index in [1.807, 2.05) is 19.1 Å². The lowest BCUT2D eigenvalue weighted by Gasteiger charge is -2.10. The van der Waals surface area contributed by atoms with Crippen LogP contribution in [0.5, 0.6) is 5.75 Å². The first-order valence-corrected chi connectivity index (χ1v) is 11.6. The number of alkyl halides is 3. The molecule has 37 heavy (non-hydrogen) atoms. The fourth-order valence-corrected chi connectivity index (χ4v) is 4.10. The third-order valence-electron chi connectivity index (χ3n) is 5.95. The van der Waals surface area contributed by atoms with E-state index in [1.54, 1.807) is 23.8 Å². The molecule has 3 heterocycles. The lowest BCUT2D eigenvalue weighted by molar-refractivity contribution is -0.670. The number of aromatic nitrogens is 5. The molecule has 0 aliphatic heterocycles. The normalized spacial score (nSPS) is 12.7. The average Bonchev–Trinajstić information content (AvgIpc) is 3.16. The number of aliphatic hydroxyl groups excluding tert-OH is 1. The molecule has 0 bridgehead atoms. The Morgan fingerprint density at radius 1 is 1.22 bits per heavy atom. The van der Waals surface area contributed by atoms with Gasteiger partial charge in [-0.15, -0.1) is 13.2 Å². The van der Waals surface area contributed by atoms with E-state index in [0.29, 0.717) is 17.1 Å². The third kappa shape index (κ3) is 5.91. The van der Waals surface area contributed by atoms with E-state index in [-0.39, 0.29) is 42.8 Å². The van der Waals surface area contributed by atoms with Crippen molar-refractivity contribution >= 4 is 11.2 Å². The van der Waals surface area contributed by atoms with Gasteiger partial charge >= 0.3 is 17.6 Å². The fraction of sp³-hybridized carbons (Fsp3) is 0.360. The van der Waals surface area contributed by atoms with Gasteiger partial charge in [0.15, 0.2) is 0 Å². The molecule has 0 saturated heterocycles. The van der Waals surface area contributed by atoms with Gasteiger partial charge < -0.3 is 9.84 Å². The zero-order chi connectivity index (χ0) is 26.9. The van der Waals surface area contributed by atoms with Crippen LogP contribution < -0.4 is 20.6 Å². The predicted octanol–water partition coefficient (Wildman–Crippen LogP) is 2.33. The summed E-state index contributed by atoms with van der Waals surface area (Å²) in [5.41, 5.74) is 1.50. The highest BCUT2D eigenvalue weighted by Gasteiger charge is 2.31. The molecule has 1 atom stereocenters. The molecular formula is C25H27F3N5O4+. The van der Waals surface area contributed by atoms with Gasteiger partial charge in [0.2, 0.25) is 0 Å². The van der Waals surface area contributed by atoms with E-state index in [2.05, 4.69) is 14.7 Å². The highest BCUT2D eigenvalue weighted by atomic mass is 19.4. The Kier molecular flexibility index (Phi) is 7.21. The smallest absolute Gasteiger partial charge is 0.406 e. The number of aliphatic hydroxyl groups is 1. The van der Waals surface area contributed by atoms with Crippen molar-refractivity contribution in [2.24, 2.45) is 7.05 Å². The second-order valence-electron chi connectivity index (χ2n) is 8.99. The SMILES string of the molecule is Cc1ccc(C[n+]2c(Cc3cccc(OC(F)(F)F)c3)[nH]c3c2c(=O)n(CCC(C)O)c(=O)n3C)nc1. The molecular weight excluding hydrogens is 491 g/mol. The lowest BCUT2D eigenvalue weighted by Crippen LogP contribution is -2.46. The highest BCUT2D eigenvalue weighted by molar-refractivity contribution is 5.65. The Bertz CT molecular complexity index is 1540. The van der Waals surface area contributed by atoms with Crippen molar-refractivity contribution in [3.8, 4) is 5.75 Å². The van der Waals surface area contributed by atoms with E-state index in [4.69, 9.17) is 0 Å².